The largest absolute Gasteiger partial charge is 0.434 e. The van der Waals surface area contributed by atoms with Crippen LogP contribution >= 0.6 is 0 Å². The fourth-order valence-corrected chi connectivity index (χ4v) is 1.79. The first-order valence-corrected chi connectivity index (χ1v) is 4.82. The van der Waals surface area contributed by atoms with Crippen molar-refractivity contribution in [2.45, 2.75) is 12.7 Å². The molecule has 2 aliphatic rings. The molecule has 1 N–H and O–H groups in total. The quantitative estimate of drug-likeness (QED) is 0.325. The van der Waals surface area contributed by atoms with Crippen molar-refractivity contribution in [2.75, 3.05) is 7.11 Å². The van der Waals surface area contributed by atoms with Crippen molar-refractivity contribution in [3.63, 3.8) is 0 Å². The van der Waals surface area contributed by atoms with Crippen LogP contribution in [0.15, 0.2) is 28.5 Å². The Morgan fingerprint density at radius 1 is 1.50 bits per heavy atom. The van der Waals surface area contributed by atoms with Crippen LogP contribution in [0.1, 0.15) is 6.92 Å². The average molecular weight is 255 g/mol. The fourth-order valence-electron chi connectivity index (χ4n) is 1.79. The average Bonchev–Trinajstić information content (AvgIpc) is 2.63. The molecule has 0 fully saturated rings. The third-order valence-corrected chi connectivity index (χ3v) is 2.52. The van der Waals surface area contributed by atoms with E-state index < -0.39 is 21.3 Å². The lowest BCUT2D eigenvalue weighted by Gasteiger charge is -2.25. The summed E-state index contributed by atoms with van der Waals surface area (Å²) in [5, 5.41) is 30.7. The number of allylic oxidation sites excluding steroid dienone is 2. The first kappa shape index (κ1) is 12.0. The summed E-state index contributed by atoms with van der Waals surface area (Å²) in [5.41, 5.74) is -0.832. The number of rotatable bonds is 2. The van der Waals surface area contributed by atoms with Crippen molar-refractivity contribution in [3.8, 4) is 0 Å². The number of fused-ring (bicyclic) bond motifs is 1. The molecule has 18 heavy (non-hydrogen) atoms. The van der Waals surface area contributed by atoms with Gasteiger partial charge in [-0.15, -0.1) is 0 Å². The number of hydrogen-bond donors (Lipinski definition) is 1. The van der Waals surface area contributed by atoms with Gasteiger partial charge in [0.1, 0.15) is 5.70 Å². The van der Waals surface area contributed by atoms with Crippen molar-refractivity contribution >= 4 is 11.6 Å². The highest BCUT2D eigenvalue weighted by molar-refractivity contribution is 6.03. The van der Waals surface area contributed by atoms with Crippen LogP contribution in [-0.4, -0.2) is 39.5 Å². The maximum Gasteiger partial charge on any atom is 0.349 e. The normalized spacial score (nSPS) is 28.7. The standard InChI is InChI=1S/C9H9N3O6/c1-5-10-7-3-6(11(13)14)4-8(12(15)16)9(7,17-2)18-5/h3-4H,1-2H3,(H,13,14)/t9-/m1/s1. The van der Waals surface area contributed by atoms with Gasteiger partial charge in [0, 0.05) is 25.0 Å². The van der Waals surface area contributed by atoms with Crippen LogP contribution in [0.25, 0.3) is 0 Å². The zero-order valence-electron chi connectivity index (χ0n) is 9.48. The summed E-state index contributed by atoms with van der Waals surface area (Å²) in [6.07, 6.45) is 2.02. The van der Waals surface area contributed by atoms with E-state index in [1.54, 1.807) is 0 Å². The highest BCUT2D eigenvalue weighted by Gasteiger charge is 2.56. The molecule has 0 amide bonds. The molecule has 0 aromatic carbocycles. The number of nitro groups is 1. The second-order valence-corrected chi connectivity index (χ2v) is 3.57. The first-order valence-electron chi connectivity index (χ1n) is 4.82. The fraction of sp³-hybridized carbons (Fsp3) is 0.333. The lowest BCUT2D eigenvalue weighted by atomic mass is 10.0. The smallest absolute Gasteiger partial charge is 0.349 e. The van der Waals surface area contributed by atoms with E-state index in [2.05, 4.69) is 4.99 Å². The molecule has 9 nitrogen and oxygen atoms in total. The van der Waals surface area contributed by atoms with Gasteiger partial charge in [-0.3, -0.25) is 15.3 Å². The van der Waals surface area contributed by atoms with E-state index >= 15 is 0 Å². The molecule has 0 aromatic heterocycles. The summed E-state index contributed by atoms with van der Waals surface area (Å²) in [4.78, 5) is 13.7. The molecule has 0 saturated carbocycles. The molecule has 96 valence electrons. The summed E-state index contributed by atoms with van der Waals surface area (Å²) in [7, 11) is 1.22. The van der Waals surface area contributed by atoms with Crippen LogP contribution in [0.5, 0.6) is 0 Å². The van der Waals surface area contributed by atoms with Gasteiger partial charge in [-0.25, -0.2) is 4.99 Å². The molecular formula is C9H9N3O6. The Balaban J connectivity index is 2.65. The monoisotopic (exact) mass is 255 g/mol. The molecule has 2 rings (SSSR count). The number of aliphatic imine (C=N–C) groups is 1. The molecule has 0 radical (unpaired) electrons. The maximum atomic E-state index is 11.0. The molecule has 0 spiro atoms. The van der Waals surface area contributed by atoms with Crippen molar-refractivity contribution in [1.82, 2.24) is 0 Å². The molecule has 1 aliphatic heterocycles. The molecular weight excluding hydrogens is 246 g/mol. The SMILES string of the molecule is CO[C@@]12OC(C)=NC1=C/C(=[N+](/[O-])O)C=C2[N+](=O)[O-]. The van der Waals surface area contributed by atoms with E-state index in [4.69, 9.17) is 14.7 Å². The molecule has 0 saturated heterocycles. The number of nitrogens with zero attached hydrogens (tertiary/aromatic N) is 3. The summed E-state index contributed by atoms with van der Waals surface area (Å²) >= 11 is 0. The molecule has 1 aliphatic carbocycles. The minimum atomic E-state index is -1.77. The van der Waals surface area contributed by atoms with Gasteiger partial charge in [0.15, 0.2) is 5.90 Å². The summed E-state index contributed by atoms with van der Waals surface area (Å²) in [5.74, 6) is -1.61. The summed E-state index contributed by atoms with van der Waals surface area (Å²) < 4.78 is 10.3. The predicted molar refractivity (Wildman–Crippen MR) is 57.5 cm³/mol. The Hall–Kier alpha value is -2.42. The molecule has 1 heterocycles. The van der Waals surface area contributed by atoms with Crippen LogP contribution in [-0.2, 0) is 9.47 Å². The lowest BCUT2D eigenvalue weighted by molar-refractivity contribution is -0.725. The van der Waals surface area contributed by atoms with E-state index in [1.165, 1.54) is 14.0 Å². The zero-order valence-corrected chi connectivity index (χ0v) is 9.48. The van der Waals surface area contributed by atoms with Gasteiger partial charge in [-0.1, -0.05) is 0 Å². The van der Waals surface area contributed by atoms with Crippen LogP contribution in [0.4, 0.5) is 0 Å². The van der Waals surface area contributed by atoms with Gasteiger partial charge in [0.25, 0.3) is 5.71 Å². The van der Waals surface area contributed by atoms with Gasteiger partial charge >= 0.3 is 11.5 Å². The zero-order chi connectivity index (χ0) is 13.5. The third-order valence-electron chi connectivity index (χ3n) is 2.52. The van der Waals surface area contributed by atoms with E-state index in [1.807, 2.05) is 0 Å². The van der Waals surface area contributed by atoms with E-state index in [0.717, 1.165) is 12.2 Å². The van der Waals surface area contributed by atoms with Gasteiger partial charge in [-0.05, 0) is 0 Å². The van der Waals surface area contributed by atoms with E-state index in [-0.39, 0.29) is 17.3 Å². The number of ether oxygens (including phenoxy) is 2. The Morgan fingerprint density at radius 3 is 2.67 bits per heavy atom. The van der Waals surface area contributed by atoms with E-state index in [0.29, 0.717) is 0 Å². The van der Waals surface area contributed by atoms with Crippen LogP contribution in [0.2, 0.25) is 0 Å². The molecule has 0 aromatic rings. The second kappa shape index (κ2) is 3.81. The Bertz CT molecular complexity index is 543. The predicted octanol–water partition coefficient (Wildman–Crippen LogP) is 0.176. The van der Waals surface area contributed by atoms with Gasteiger partial charge in [-0.2, -0.15) is 0 Å². The molecule has 0 unspecified atom stereocenters. The van der Waals surface area contributed by atoms with Gasteiger partial charge < -0.3 is 14.7 Å². The Labute approximate surface area is 101 Å². The minimum absolute atomic E-state index is 0.0293. The molecule has 0 bridgehead atoms. The summed E-state index contributed by atoms with van der Waals surface area (Å²) in [6, 6.07) is 0. The highest BCUT2D eigenvalue weighted by Crippen LogP contribution is 2.39. The van der Waals surface area contributed by atoms with Crippen LogP contribution < -0.4 is 0 Å². The second-order valence-electron chi connectivity index (χ2n) is 3.57. The van der Waals surface area contributed by atoms with Crippen LogP contribution in [0, 0.1) is 15.3 Å². The topological polar surface area (TPSA) is 120 Å². The van der Waals surface area contributed by atoms with Crippen molar-refractivity contribution < 1.29 is 24.5 Å². The lowest BCUT2D eigenvalue weighted by Crippen LogP contribution is -2.42. The van der Waals surface area contributed by atoms with Crippen molar-refractivity contribution in [2.24, 2.45) is 4.99 Å². The molecule has 9 heteroatoms. The number of hydrogen-bond acceptors (Lipinski definition) is 7. The Kier molecular flexibility index (Phi) is 2.55. The first-order chi connectivity index (χ1) is 8.40. The summed E-state index contributed by atoms with van der Waals surface area (Å²) in [6.45, 7) is 1.49. The maximum absolute atomic E-state index is 11.0. The number of methoxy groups -OCH3 is 1. The van der Waals surface area contributed by atoms with Crippen molar-refractivity contribution in [3.05, 3.63) is 38.9 Å². The third kappa shape index (κ3) is 1.52. The van der Waals surface area contributed by atoms with Crippen LogP contribution in [0.3, 0.4) is 0 Å². The minimum Gasteiger partial charge on any atom is -0.434 e. The molecule has 1 atom stereocenters. The van der Waals surface area contributed by atoms with E-state index in [9.17, 15) is 15.3 Å². The highest BCUT2D eigenvalue weighted by atomic mass is 16.8. The van der Waals surface area contributed by atoms with Gasteiger partial charge in [0.05, 0.1) is 11.0 Å². The van der Waals surface area contributed by atoms with Crippen molar-refractivity contribution in [1.29, 1.82) is 0 Å². The van der Waals surface area contributed by atoms with Gasteiger partial charge in [0.2, 0.25) is 0 Å². The Morgan fingerprint density at radius 2 is 2.17 bits per heavy atom.